The molecule has 2 N–H and O–H groups in total. The van der Waals surface area contributed by atoms with Gasteiger partial charge in [-0.15, -0.1) is 0 Å². The number of ether oxygens (including phenoxy) is 1. The van der Waals surface area contributed by atoms with E-state index in [9.17, 15) is 4.79 Å². The summed E-state index contributed by atoms with van der Waals surface area (Å²) in [6, 6.07) is 2.21. The van der Waals surface area contributed by atoms with Gasteiger partial charge in [-0.2, -0.15) is 0 Å². The van der Waals surface area contributed by atoms with Crippen LogP contribution in [0.1, 0.15) is 36.2 Å². The standard InChI is InChI=1S/C16H25N5O2/c22-16(17-5-6-21-7-9-23-10-8-21)14-11-15(19-12-18-14)20-13-3-1-2-4-13/h11-13H,1-10H2,(H,17,22)(H,18,19,20). The Morgan fingerprint density at radius 1 is 1.26 bits per heavy atom. The molecule has 0 atom stereocenters. The predicted molar refractivity (Wildman–Crippen MR) is 87.5 cm³/mol. The lowest BCUT2D eigenvalue weighted by Crippen LogP contribution is -2.41. The van der Waals surface area contributed by atoms with E-state index in [1.807, 2.05) is 0 Å². The highest BCUT2D eigenvalue weighted by atomic mass is 16.5. The zero-order valence-electron chi connectivity index (χ0n) is 13.5. The van der Waals surface area contributed by atoms with Crippen LogP contribution in [0.25, 0.3) is 0 Å². The molecule has 0 spiro atoms. The Labute approximate surface area is 136 Å². The summed E-state index contributed by atoms with van der Waals surface area (Å²) in [6.45, 7) is 4.87. The molecule has 2 fully saturated rings. The van der Waals surface area contributed by atoms with E-state index >= 15 is 0 Å². The summed E-state index contributed by atoms with van der Waals surface area (Å²) in [6.07, 6.45) is 6.32. The number of carbonyl (C=O) groups is 1. The Balaban J connectivity index is 1.46. The van der Waals surface area contributed by atoms with Crippen molar-refractivity contribution in [1.29, 1.82) is 0 Å². The van der Waals surface area contributed by atoms with Crippen LogP contribution in [0.15, 0.2) is 12.4 Å². The molecule has 23 heavy (non-hydrogen) atoms. The second-order valence-electron chi connectivity index (χ2n) is 6.12. The predicted octanol–water partition coefficient (Wildman–Crippen LogP) is 0.893. The molecular formula is C16H25N5O2. The SMILES string of the molecule is O=C(NCCN1CCOCC1)c1cc(NC2CCCC2)ncn1. The molecule has 2 aliphatic rings. The van der Waals surface area contributed by atoms with Crippen molar-refractivity contribution in [2.75, 3.05) is 44.7 Å². The number of nitrogens with zero attached hydrogens (tertiary/aromatic N) is 3. The third-order valence-corrected chi connectivity index (χ3v) is 4.42. The third kappa shape index (κ3) is 4.87. The number of aromatic nitrogens is 2. The lowest BCUT2D eigenvalue weighted by molar-refractivity contribution is 0.0383. The van der Waals surface area contributed by atoms with E-state index in [0.717, 1.165) is 38.7 Å². The van der Waals surface area contributed by atoms with Gasteiger partial charge in [0.15, 0.2) is 0 Å². The molecule has 7 heteroatoms. The molecule has 7 nitrogen and oxygen atoms in total. The van der Waals surface area contributed by atoms with Gasteiger partial charge in [0.25, 0.3) is 5.91 Å². The Kier molecular flexibility index (Phi) is 5.76. The van der Waals surface area contributed by atoms with Crippen LogP contribution in [0.3, 0.4) is 0 Å². The second-order valence-corrected chi connectivity index (χ2v) is 6.12. The maximum Gasteiger partial charge on any atom is 0.270 e. The first-order valence-electron chi connectivity index (χ1n) is 8.48. The minimum Gasteiger partial charge on any atom is -0.379 e. The highest BCUT2D eigenvalue weighted by molar-refractivity contribution is 5.92. The first-order valence-corrected chi connectivity index (χ1v) is 8.48. The zero-order valence-corrected chi connectivity index (χ0v) is 13.5. The van der Waals surface area contributed by atoms with Crippen molar-refractivity contribution in [2.24, 2.45) is 0 Å². The van der Waals surface area contributed by atoms with Crippen LogP contribution in [0, 0.1) is 0 Å². The van der Waals surface area contributed by atoms with E-state index in [4.69, 9.17) is 4.74 Å². The lowest BCUT2D eigenvalue weighted by atomic mass is 10.2. The molecular weight excluding hydrogens is 294 g/mol. The molecule has 1 aliphatic carbocycles. The normalized spacial score (nSPS) is 19.7. The van der Waals surface area contributed by atoms with Crippen LogP contribution < -0.4 is 10.6 Å². The topological polar surface area (TPSA) is 79.4 Å². The quantitative estimate of drug-likeness (QED) is 0.811. The van der Waals surface area contributed by atoms with Crippen LogP contribution in [0.2, 0.25) is 0 Å². The van der Waals surface area contributed by atoms with Crippen molar-refractivity contribution < 1.29 is 9.53 Å². The molecule has 1 aromatic heterocycles. The van der Waals surface area contributed by atoms with E-state index in [1.54, 1.807) is 6.07 Å². The number of hydrogen-bond donors (Lipinski definition) is 2. The molecule has 1 aromatic rings. The van der Waals surface area contributed by atoms with Gasteiger partial charge in [0, 0.05) is 38.3 Å². The molecule has 0 bridgehead atoms. The van der Waals surface area contributed by atoms with Gasteiger partial charge >= 0.3 is 0 Å². The Hall–Kier alpha value is -1.73. The van der Waals surface area contributed by atoms with Gasteiger partial charge in [-0.3, -0.25) is 9.69 Å². The van der Waals surface area contributed by atoms with Crippen molar-refractivity contribution in [1.82, 2.24) is 20.2 Å². The number of nitrogens with one attached hydrogen (secondary N) is 2. The fourth-order valence-corrected chi connectivity index (χ4v) is 3.08. The van der Waals surface area contributed by atoms with Gasteiger partial charge in [-0.05, 0) is 12.8 Å². The molecule has 1 aliphatic heterocycles. The number of anilines is 1. The van der Waals surface area contributed by atoms with E-state index in [0.29, 0.717) is 18.3 Å². The summed E-state index contributed by atoms with van der Waals surface area (Å²) in [4.78, 5) is 22.8. The lowest BCUT2D eigenvalue weighted by Gasteiger charge is -2.26. The average Bonchev–Trinajstić information content (AvgIpc) is 3.09. The van der Waals surface area contributed by atoms with Crippen LogP contribution in [-0.4, -0.2) is 66.2 Å². The molecule has 3 rings (SSSR count). The largest absolute Gasteiger partial charge is 0.379 e. The summed E-state index contributed by atoms with van der Waals surface area (Å²) in [5.41, 5.74) is 0.419. The van der Waals surface area contributed by atoms with Crippen LogP contribution in [-0.2, 0) is 4.74 Å². The summed E-state index contributed by atoms with van der Waals surface area (Å²) >= 11 is 0. The zero-order chi connectivity index (χ0) is 15.9. The summed E-state index contributed by atoms with van der Waals surface area (Å²) < 4.78 is 5.31. The number of hydrogen-bond acceptors (Lipinski definition) is 6. The first-order chi connectivity index (χ1) is 11.3. The molecule has 1 amide bonds. The Morgan fingerprint density at radius 3 is 2.83 bits per heavy atom. The summed E-state index contributed by atoms with van der Waals surface area (Å²) in [5.74, 6) is 0.598. The van der Waals surface area contributed by atoms with E-state index < -0.39 is 0 Å². The molecule has 126 valence electrons. The summed E-state index contributed by atoms with van der Waals surface area (Å²) in [5, 5.41) is 6.32. The molecule has 0 radical (unpaired) electrons. The van der Waals surface area contributed by atoms with Gasteiger partial charge in [-0.25, -0.2) is 9.97 Å². The molecule has 0 aromatic carbocycles. The molecule has 2 heterocycles. The second kappa shape index (κ2) is 8.21. The Bertz CT molecular complexity index is 513. The summed E-state index contributed by atoms with van der Waals surface area (Å²) in [7, 11) is 0. The first kappa shape index (κ1) is 16.1. The number of morpholine rings is 1. The average molecular weight is 319 g/mol. The number of carbonyl (C=O) groups excluding carboxylic acids is 1. The van der Waals surface area contributed by atoms with E-state index in [1.165, 1.54) is 32.0 Å². The minimum absolute atomic E-state index is 0.143. The van der Waals surface area contributed by atoms with Crippen molar-refractivity contribution in [3.63, 3.8) is 0 Å². The van der Waals surface area contributed by atoms with Crippen LogP contribution in [0.4, 0.5) is 5.82 Å². The van der Waals surface area contributed by atoms with Gasteiger partial charge in [0.1, 0.15) is 17.8 Å². The van der Waals surface area contributed by atoms with Crippen LogP contribution >= 0.6 is 0 Å². The van der Waals surface area contributed by atoms with E-state index in [2.05, 4.69) is 25.5 Å². The highest BCUT2D eigenvalue weighted by Gasteiger charge is 2.16. The van der Waals surface area contributed by atoms with Gasteiger partial charge in [0.05, 0.1) is 13.2 Å². The van der Waals surface area contributed by atoms with Gasteiger partial charge < -0.3 is 15.4 Å². The van der Waals surface area contributed by atoms with Crippen molar-refractivity contribution in [2.45, 2.75) is 31.7 Å². The monoisotopic (exact) mass is 319 g/mol. The third-order valence-electron chi connectivity index (χ3n) is 4.42. The van der Waals surface area contributed by atoms with Crippen molar-refractivity contribution in [3.8, 4) is 0 Å². The highest BCUT2D eigenvalue weighted by Crippen LogP contribution is 2.21. The molecule has 1 saturated heterocycles. The van der Waals surface area contributed by atoms with E-state index in [-0.39, 0.29) is 5.91 Å². The fraction of sp³-hybridized carbons (Fsp3) is 0.688. The van der Waals surface area contributed by atoms with Crippen molar-refractivity contribution >= 4 is 11.7 Å². The van der Waals surface area contributed by atoms with Crippen LogP contribution in [0.5, 0.6) is 0 Å². The Morgan fingerprint density at radius 2 is 2.04 bits per heavy atom. The molecule has 0 unspecified atom stereocenters. The van der Waals surface area contributed by atoms with Gasteiger partial charge in [-0.1, -0.05) is 12.8 Å². The van der Waals surface area contributed by atoms with Crippen molar-refractivity contribution in [3.05, 3.63) is 18.1 Å². The fourth-order valence-electron chi connectivity index (χ4n) is 3.08. The smallest absolute Gasteiger partial charge is 0.270 e. The number of amides is 1. The maximum atomic E-state index is 12.2. The minimum atomic E-state index is -0.143. The van der Waals surface area contributed by atoms with Gasteiger partial charge in [0.2, 0.25) is 0 Å². The molecule has 1 saturated carbocycles. The number of rotatable bonds is 6. The maximum absolute atomic E-state index is 12.2.